The normalized spacial score (nSPS) is 12.0. The number of benzene rings is 2. The molecule has 1 amide bonds. The molecule has 2 aromatic carbocycles. The highest BCUT2D eigenvalue weighted by Crippen LogP contribution is 2.18. The van der Waals surface area contributed by atoms with Gasteiger partial charge in [-0.3, -0.25) is 9.59 Å². The summed E-state index contributed by atoms with van der Waals surface area (Å²) in [6, 6.07) is 14.0. The average Bonchev–Trinajstić information content (AvgIpc) is 2.68. The first kappa shape index (κ1) is 17.7. The van der Waals surface area contributed by atoms with Gasteiger partial charge in [0.1, 0.15) is 5.75 Å². The van der Waals surface area contributed by atoms with Crippen LogP contribution in [-0.4, -0.2) is 28.8 Å². The first-order chi connectivity index (χ1) is 12.5. The number of nitrogens with one attached hydrogen (secondary N) is 1. The van der Waals surface area contributed by atoms with Crippen LogP contribution in [0.4, 0.5) is 0 Å². The molecule has 0 unspecified atom stereocenters. The summed E-state index contributed by atoms with van der Waals surface area (Å²) >= 11 is 0. The molecule has 0 aliphatic rings. The second-order valence-corrected chi connectivity index (χ2v) is 6.10. The lowest BCUT2D eigenvalue weighted by atomic mass is 10.1. The van der Waals surface area contributed by atoms with Crippen molar-refractivity contribution in [1.82, 2.24) is 15.1 Å². The Morgan fingerprint density at radius 2 is 1.92 bits per heavy atom. The Bertz CT molecular complexity index is 1010. The maximum Gasteiger partial charge on any atom is 0.279 e. The van der Waals surface area contributed by atoms with Crippen LogP contribution >= 0.6 is 0 Å². The van der Waals surface area contributed by atoms with Crippen molar-refractivity contribution in [2.45, 2.75) is 26.3 Å². The predicted octanol–water partition coefficient (Wildman–Crippen LogP) is 2.92. The molecule has 1 N–H and O–H groups in total. The summed E-state index contributed by atoms with van der Waals surface area (Å²) < 4.78 is 6.47. The van der Waals surface area contributed by atoms with E-state index in [1.54, 1.807) is 55.6 Å². The molecule has 1 aromatic heterocycles. The summed E-state index contributed by atoms with van der Waals surface area (Å²) in [6.07, 6.45) is 0.805. The van der Waals surface area contributed by atoms with Gasteiger partial charge in [0.2, 0.25) is 0 Å². The zero-order valence-corrected chi connectivity index (χ0v) is 15.0. The quantitative estimate of drug-likeness (QED) is 0.767. The highest BCUT2D eigenvalue weighted by Gasteiger charge is 2.18. The van der Waals surface area contributed by atoms with Gasteiger partial charge >= 0.3 is 0 Å². The fraction of sp³-hybridized carbons (Fsp3) is 0.250. The maximum absolute atomic E-state index is 12.9. The summed E-state index contributed by atoms with van der Waals surface area (Å²) in [7, 11) is 1.56. The number of hydrogen-bond acceptors (Lipinski definition) is 4. The van der Waals surface area contributed by atoms with Crippen LogP contribution in [-0.2, 0) is 0 Å². The number of fused-ring (bicyclic) bond motifs is 1. The van der Waals surface area contributed by atoms with Crippen LogP contribution < -0.4 is 15.6 Å². The van der Waals surface area contributed by atoms with E-state index in [9.17, 15) is 9.59 Å². The Morgan fingerprint density at radius 3 is 2.62 bits per heavy atom. The third-order valence-corrected chi connectivity index (χ3v) is 4.31. The molecule has 0 spiro atoms. The number of methoxy groups -OCH3 is 1. The fourth-order valence-corrected chi connectivity index (χ4v) is 2.67. The van der Waals surface area contributed by atoms with Crippen molar-refractivity contribution in [3.63, 3.8) is 0 Å². The number of amides is 1. The van der Waals surface area contributed by atoms with Crippen LogP contribution in [0.25, 0.3) is 16.5 Å². The van der Waals surface area contributed by atoms with Gasteiger partial charge in [-0.1, -0.05) is 31.2 Å². The number of carbonyl (C=O) groups excluding carboxylic acids is 1. The summed E-state index contributed by atoms with van der Waals surface area (Å²) in [5.41, 5.74) is 0.481. The van der Waals surface area contributed by atoms with Crippen molar-refractivity contribution >= 4 is 16.7 Å². The third kappa shape index (κ3) is 3.31. The largest absolute Gasteiger partial charge is 0.497 e. The van der Waals surface area contributed by atoms with E-state index in [-0.39, 0.29) is 23.2 Å². The predicted molar refractivity (Wildman–Crippen MR) is 101 cm³/mol. The molecular weight excluding hydrogens is 330 g/mol. The molecule has 26 heavy (non-hydrogen) atoms. The second kappa shape index (κ2) is 7.39. The van der Waals surface area contributed by atoms with Gasteiger partial charge in [0.15, 0.2) is 5.69 Å². The van der Waals surface area contributed by atoms with Gasteiger partial charge in [-0.05, 0) is 31.5 Å². The summed E-state index contributed by atoms with van der Waals surface area (Å²) in [6.45, 7) is 3.92. The number of aromatic nitrogens is 2. The van der Waals surface area contributed by atoms with Crippen LogP contribution in [0.15, 0.2) is 53.3 Å². The van der Waals surface area contributed by atoms with E-state index in [2.05, 4.69) is 10.4 Å². The van der Waals surface area contributed by atoms with Crippen molar-refractivity contribution in [1.29, 1.82) is 0 Å². The lowest BCUT2D eigenvalue weighted by Crippen LogP contribution is -2.35. The van der Waals surface area contributed by atoms with Gasteiger partial charge in [0, 0.05) is 17.5 Å². The van der Waals surface area contributed by atoms with E-state index in [1.165, 1.54) is 4.68 Å². The third-order valence-electron chi connectivity index (χ3n) is 4.31. The number of rotatable bonds is 5. The van der Waals surface area contributed by atoms with Crippen LogP contribution in [0.2, 0.25) is 0 Å². The first-order valence-electron chi connectivity index (χ1n) is 8.52. The number of carbonyl (C=O) groups is 1. The molecular formula is C20H21N3O3. The Hall–Kier alpha value is -3.15. The minimum Gasteiger partial charge on any atom is -0.497 e. The molecule has 1 heterocycles. The van der Waals surface area contributed by atoms with Crippen LogP contribution in [0.5, 0.6) is 5.75 Å². The number of nitrogens with zero attached hydrogens (tertiary/aromatic N) is 2. The smallest absolute Gasteiger partial charge is 0.279 e. The molecule has 6 heteroatoms. The summed E-state index contributed by atoms with van der Waals surface area (Å²) in [5.74, 6) is 0.308. The van der Waals surface area contributed by atoms with Gasteiger partial charge < -0.3 is 10.1 Å². The molecule has 0 aliphatic carbocycles. The zero-order chi connectivity index (χ0) is 18.7. The van der Waals surface area contributed by atoms with Gasteiger partial charge in [-0.15, -0.1) is 0 Å². The molecule has 6 nitrogen and oxygen atoms in total. The van der Waals surface area contributed by atoms with Crippen LogP contribution in [0, 0.1) is 0 Å². The van der Waals surface area contributed by atoms with E-state index in [0.717, 1.165) is 6.42 Å². The number of ether oxygens (including phenoxy) is 1. The second-order valence-electron chi connectivity index (χ2n) is 6.10. The first-order valence-corrected chi connectivity index (χ1v) is 8.52. The maximum atomic E-state index is 12.9. The highest BCUT2D eigenvalue weighted by molar-refractivity contribution is 6.04. The minimum atomic E-state index is -0.299. The van der Waals surface area contributed by atoms with E-state index in [0.29, 0.717) is 22.2 Å². The number of hydrogen-bond donors (Lipinski definition) is 1. The van der Waals surface area contributed by atoms with Crippen molar-refractivity contribution in [2.24, 2.45) is 0 Å². The monoisotopic (exact) mass is 351 g/mol. The van der Waals surface area contributed by atoms with Gasteiger partial charge in [0.05, 0.1) is 18.2 Å². The van der Waals surface area contributed by atoms with E-state index >= 15 is 0 Å². The molecule has 0 fully saturated rings. The fourth-order valence-electron chi connectivity index (χ4n) is 2.67. The Labute approximate surface area is 151 Å². The minimum absolute atomic E-state index is 0.0141. The van der Waals surface area contributed by atoms with Gasteiger partial charge in [-0.2, -0.15) is 9.78 Å². The molecule has 0 aliphatic heterocycles. The Balaban J connectivity index is 2.23. The van der Waals surface area contributed by atoms with Gasteiger partial charge in [0.25, 0.3) is 11.5 Å². The lowest BCUT2D eigenvalue weighted by Gasteiger charge is -2.14. The molecule has 3 rings (SSSR count). The van der Waals surface area contributed by atoms with E-state index in [4.69, 9.17) is 4.74 Å². The van der Waals surface area contributed by atoms with E-state index < -0.39 is 0 Å². The average molecular weight is 351 g/mol. The molecule has 0 saturated heterocycles. The van der Waals surface area contributed by atoms with Crippen LogP contribution in [0.1, 0.15) is 30.8 Å². The molecule has 0 bridgehead atoms. The van der Waals surface area contributed by atoms with Gasteiger partial charge in [-0.25, -0.2) is 0 Å². The Morgan fingerprint density at radius 1 is 1.19 bits per heavy atom. The standard InChI is InChI=1S/C20H21N3O3/c1-4-13(2)21-19(24)18-16-10-5-6-11-17(16)20(25)23(22-18)14-8-7-9-15(12-14)26-3/h5-13H,4H2,1-3H3,(H,21,24)/t13-/m1/s1. The summed E-state index contributed by atoms with van der Waals surface area (Å²) in [4.78, 5) is 25.6. The molecule has 134 valence electrons. The van der Waals surface area contributed by atoms with Crippen molar-refractivity contribution in [3.05, 3.63) is 64.6 Å². The van der Waals surface area contributed by atoms with Crippen molar-refractivity contribution < 1.29 is 9.53 Å². The topological polar surface area (TPSA) is 73.2 Å². The molecule has 0 radical (unpaired) electrons. The van der Waals surface area contributed by atoms with Crippen LogP contribution in [0.3, 0.4) is 0 Å². The van der Waals surface area contributed by atoms with Crippen molar-refractivity contribution in [2.75, 3.05) is 7.11 Å². The lowest BCUT2D eigenvalue weighted by molar-refractivity contribution is 0.0934. The molecule has 0 saturated carbocycles. The summed E-state index contributed by atoms with van der Waals surface area (Å²) in [5, 5.41) is 8.27. The zero-order valence-electron chi connectivity index (χ0n) is 15.0. The molecule has 1 atom stereocenters. The van der Waals surface area contributed by atoms with E-state index in [1.807, 2.05) is 13.8 Å². The SMILES string of the molecule is CC[C@@H](C)NC(=O)c1nn(-c2cccc(OC)c2)c(=O)c2ccccc12. The van der Waals surface area contributed by atoms with Crippen molar-refractivity contribution in [3.8, 4) is 11.4 Å². The highest BCUT2D eigenvalue weighted by atomic mass is 16.5. The molecule has 3 aromatic rings. The Kier molecular flexibility index (Phi) is 5.02.